The molecular formula is C10H18N2O2. The fourth-order valence-corrected chi connectivity index (χ4v) is 1.38. The molecule has 0 fully saturated rings. The quantitative estimate of drug-likeness (QED) is 0.530. The number of nitrogens with one attached hydrogen (secondary N) is 1. The van der Waals surface area contributed by atoms with Crippen LogP contribution in [0.15, 0.2) is 22.8 Å². The molecular weight excluding hydrogens is 180 g/mol. The third-order valence-electron chi connectivity index (χ3n) is 2.28. The number of hydrogen-bond acceptors (Lipinski definition) is 4. The molecule has 0 aliphatic carbocycles. The molecule has 80 valence electrons. The molecule has 0 saturated heterocycles. The molecule has 1 heterocycles. The predicted octanol–water partition coefficient (Wildman–Crippen LogP) is 1.08. The fraction of sp³-hybridized carbons (Fsp3) is 0.600. The van der Waals surface area contributed by atoms with Gasteiger partial charge in [-0.05, 0) is 25.5 Å². The zero-order valence-electron chi connectivity index (χ0n) is 8.69. The zero-order chi connectivity index (χ0) is 10.4. The van der Waals surface area contributed by atoms with Crippen LogP contribution in [0.1, 0.15) is 19.1 Å². The molecule has 1 aromatic heterocycles. The Morgan fingerprint density at radius 1 is 1.64 bits per heavy atom. The normalized spacial score (nSPS) is 15.4. The van der Waals surface area contributed by atoms with Gasteiger partial charge in [-0.3, -0.25) is 11.3 Å². The molecule has 0 bridgehead atoms. The first-order chi connectivity index (χ1) is 6.76. The minimum Gasteiger partial charge on any atom is -0.469 e. The molecule has 0 aromatic carbocycles. The standard InChI is InChI=1S/C10H18N2O2/c1-8(13-2)6-9(12-11)7-10-4-3-5-14-10/h3-5,8-9,12H,6-7,11H2,1-2H3. The number of nitrogens with two attached hydrogens (primary N) is 1. The highest BCUT2D eigenvalue weighted by atomic mass is 16.5. The highest BCUT2D eigenvalue weighted by Gasteiger charge is 2.13. The molecule has 0 amide bonds. The Morgan fingerprint density at radius 2 is 2.43 bits per heavy atom. The van der Waals surface area contributed by atoms with Gasteiger partial charge in [-0.15, -0.1) is 0 Å². The van der Waals surface area contributed by atoms with Gasteiger partial charge in [0.05, 0.1) is 12.4 Å². The van der Waals surface area contributed by atoms with Crippen molar-refractivity contribution >= 4 is 0 Å². The van der Waals surface area contributed by atoms with Crippen molar-refractivity contribution in [2.24, 2.45) is 5.84 Å². The minimum absolute atomic E-state index is 0.191. The average molecular weight is 198 g/mol. The van der Waals surface area contributed by atoms with Crippen LogP contribution in [-0.2, 0) is 11.2 Å². The average Bonchev–Trinajstić information content (AvgIpc) is 2.69. The Kier molecular flexibility index (Phi) is 4.65. The molecule has 4 heteroatoms. The molecule has 4 nitrogen and oxygen atoms in total. The van der Waals surface area contributed by atoms with E-state index in [4.69, 9.17) is 15.0 Å². The fourth-order valence-electron chi connectivity index (χ4n) is 1.38. The van der Waals surface area contributed by atoms with E-state index in [-0.39, 0.29) is 12.1 Å². The molecule has 0 aliphatic rings. The first-order valence-corrected chi connectivity index (χ1v) is 4.77. The van der Waals surface area contributed by atoms with Crippen molar-refractivity contribution in [2.75, 3.05) is 7.11 Å². The van der Waals surface area contributed by atoms with Gasteiger partial charge in [0.15, 0.2) is 0 Å². The van der Waals surface area contributed by atoms with Gasteiger partial charge in [0, 0.05) is 19.6 Å². The van der Waals surface area contributed by atoms with E-state index in [2.05, 4.69) is 5.43 Å². The van der Waals surface area contributed by atoms with Crippen molar-refractivity contribution in [3.63, 3.8) is 0 Å². The lowest BCUT2D eigenvalue weighted by molar-refractivity contribution is 0.0997. The third kappa shape index (κ3) is 3.49. The van der Waals surface area contributed by atoms with Crippen LogP contribution in [-0.4, -0.2) is 19.3 Å². The van der Waals surface area contributed by atoms with E-state index in [1.807, 2.05) is 19.1 Å². The van der Waals surface area contributed by atoms with Gasteiger partial charge < -0.3 is 9.15 Å². The van der Waals surface area contributed by atoms with Crippen molar-refractivity contribution in [2.45, 2.75) is 31.9 Å². The molecule has 2 unspecified atom stereocenters. The van der Waals surface area contributed by atoms with Crippen molar-refractivity contribution in [3.8, 4) is 0 Å². The van der Waals surface area contributed by atoms with Crippen LogP contribution in [0.5, 0.6) is 0 Å². The maximum absolute atomic E-state index is 5.45. The van der Waals surface area contributed by atoms with E-state index >= 15 is 0 Å². The Morgan fingerprint density at radius 3 is 2.93 bits per heavy atom. The summed E-state index contributed by atoms with van der Waals surface area (Å²) >= 11 is 0. The largest absolute Gasteiger partial charge is 0.469 e. The van der Waals surface area contributed by atoms with E-state index < -0.39 is 0 Å². The smallest absolute Gasteiger partial charge is 0.105 e. The van der Waals surface area contributed by atoms with Gasteiger partial charge >= 0.3 is 0 Å². The molecule has 1 aromatic rings. The molecule has 0 radical (unpaired) electrons. The highest BCUT2D eigenvalue weighted by Crippen LogP contribution is 2.08. The summed E-state index contributed by atoms with van der Waals surface area (Å²) in [6, 6.07) is 4.01. The van der Waals surface area contributed by atoms with Crippen LogP contribution in [0.2, 0.25) is 0 Å². The second kappa shape index (κ2) is 5.80. The SMILES string of the molecule is COC(C)CC(Cc1ccco1)NN. The number of methoxy groups -OCH3 is 1. The predicted molar refractivity (Wildman–Crippen MR) is 54.6 cm³/mol. The van der Waals surface area contributed by atoms with Gasteiger partial charge in [-0.25, -0.2) is 0 Å². The molecule has 14 heavy (non-hydrogen) atoms. The molecule has 3 N–H and O–H groups in total. The summed E-state index contributed by atoms with van der Waals surface area (Å²) in [4.78, 5) is 0. The second-order valence-corrected chi connectivity index (χ2v) is 3.43. The molecule has 2 atom stereocenters. The van der Waals surface area contributed by atoms with Crippen LogP contribution in [0.3, 0.4) is 0 Å². The third-order valence-corrected chi connectivity index (χ3v) is 2.28. The van der Waals surface area contributed by atoms with Crippen LogP contribution in [0, 0.1) is 0 Å². The van der Waals surface area contributed by atoms with Crippen molar-refractivity contribution in [1.29, 1.82) is 0 Å². The van der Waals surface area contributed by atoms with E-state index in [0.717, 1.165) is 18.6 Å². The number of hydrogen-bond donors (Lipinski definition) is 2. The Balaban J connectivity index is 2.39. The van der Waals surface area contributed by atoms with E-state index in [0.29, 0.717) is 0 Å². The molecule has 0 saturated carbocycles. The summed E-state index contributed by atoms with van der Waals surface area (Å²) in [6.45, 7) is 2.02. The summed E-state index contributed by atoms with van der Waals surface area (Å²) in [5.41, 5.74) is 2.77. The number of furan rings is 1. The van der Waals surface area contributed by atoms with Crippen LogP contribution >= 0.6 is 0 Å². The monoisotopic (exact) mass is 198 g/mol. The van der Waals surface area contributed by atoms with Gasteiger partial charge in [0.2, 0.25) is 0 Å². The maximum Gasteiger partial charge on any atom is 0.105 e. The molecule has 1 rings (SSSR count). The number of ether oxygens (including phenoxy) is 1. The topological polar surface area (TPSA) is 60.4 Å². The Hall–Kier alpha value is -0.840. The van der Waals surface area contributed by atoms with Crippen LogP contribution < -0.4 is 11.3 Å². The summed E-state index contributed by atoms with van der Waals surface area (Å²) in [5.74, 6) is 6.39. The maximum atomic E-state index is 5.45. The van der Waals surface area contributed by atoms with Gasteiger partial charge in [-0.2, -0.15) is 0 Å². The van der Waals surface area contributed by atoms with Crippen LogP contribution in [0.4, 0.5) is 0 Å². The highest BCUT2D eigenvalue weighted by molar-refractivity contribution is 5.00. The van der Waals surface area contributed by atoms with Crippen molar-refractivity contribution in [1.82, 2.24) is 5.43 Å². The van der Waals surface area contributed by atoms with E-state index in [1.165, 1.54) is 0 Å². The molecule has 0 spiro atoms. The van der Waals surface area contributed by atoms with Crippen molar-refractivity contribution in [3.05, 3.63) is 24.2 Å². The number of rotatable bonds is 6. The first-order valence-electron chi connectivity index (χ1n) is 4.77. The summed E-state index contributed by atoms with van der Waals surface area (Å²) in [7, 11) is 1.70. The van der Waals surface area contributed by atoms with Gasteiger partial charge in [0.25, 0.3) is 0 Å². The lowest BCUT2D eigenvalue weighted by Gasteiger charge is -2.18. The lowest BCUT2D eigenvalue weighted by Crippen LogP contribution is -2.39. The van der Waals surface area contributed by atoms with Crippen LogP contribution in [0.25, 0.3) is 0 Å². The summed E-state index contributed by atoms with van der Waals surface area (Å²) in [6.07, 6.45) is 3.53. The number of hydrazine groups is 1. The Bertz CT molecular complexity index is 236. The minimum atomic E-state index is 0.191. The Labute approximate surface area is 84.4 Å². The van der Waals surface area contributed by atoms with E-state index in [9.17, 15) is 0 Å². The van der Waals surface area contributed by atoms with Crippen molar-refractivity contribution < 1.29 is 9.15 Å². The zero-order valence-corrected chi connectivity index (χ0v) is 8.69. The molecule has 0 aliphatic heterocycles. The van der Waals surface area contributed by atoms with E-state index in [1.54, 1.807) is 13.4 Å². The van der Waals surface area contributed by atoms with Gasteiger partial charge in [0.1, 0.15) is 5.76 Å². The first kappa shape index (κ1) is 11.2. The summed E-state index contributed by atoms with van der Waals surface area (Å²) in [5, 5.41) is 0. The second-order valence-electron chi connectivity index (χ2n) is 3.43. The summed E-state index contributed by atoms with van der Waals surface area (Å²) < 4.78 is 10.4. The lowest BCUT2D eigenvalue weighted by atomic mass is 10.1. The van der Waals surface area contributed by atoms with Gasteiger partial charge in [-0.1, -0.05) is 0 Å².